The monoisotopic (exact) mass is 519 g/mol. The lowest BCUT2D eigenvalue weighted by Gasteiger charge is -2.37. The summed E-state index contributed by atoms with van der Waals surface area (Å²) in [6, 6.07) is 0. The van der Waals surface area contributed by atoms with Crippen molar-refractivity contribution in [3.63, 3.8) is 0 Å². The predicted octanol–water partition coefficient (Wildman–Crippen LogP) is 0.871. The fourth-order valence-electron chi connectivity index (χ4n) is 3.82. The van der Waals surface area contributed by atoms with Crippen LogP contribution in [0.15, 0.2) is 15.8 Å². The summed E-state index contributed by atoms with van der Waals surface area (Å²) in [5.74, 6) is -1.30. The third-order valence-corrected chi connectivity index (χ3v) is 8.93. The van der Waals surface area contributed by atoms with E-state index in [2.05, 4.69) is 9.97 Å². The van der Waals surface area contributed by atoms with Crippen LogP contribution in [0.5, 0.6) is 0 Å². The van der Waals surface area contributed by atoms with Crippen molar-refractivity contribution in [2.24, 2.45) is 0 Å². The normalized spacial score (nSPS) is 27.9. The summed E-state index contributed by atoms with van der Waals surface area (Å²) in [7, 11) is -4.53. The lowest BCUT2D eigenvalue weighted by molar-refractivity contribution is -0.0533. The zero-order valence-corrected chi connectivity index (χ0v) is 21.0. The largest absolute Gasteiger partial charge is 0.388 e. The minimum absolute atomic E-state index is 0.0515. The molecule has 14 heteroatoms. The van der Waals surface area contributed by atoms with E-state index in [0.717, 1.165) is 10.6 Å². The molecule has 1 saturated heterocycles. The molecule has 0 radical (unpaired) electrons. The number of fused-ring (bicyclic) bond motifs is 1. The van der Waals surface area contributed by atoms with Gasteiger partial charge in [0.05, 0.1) is 22.8 Å². The molecule has 0 aliphatic carbocycles. The highest BCUT2D eigenvalue weighted by Crippen LogP contribution is 2.59. The number of halogens is 1. The molecule has 196 valence electrons. The van der Waals surface area contributed by atoms with Crippen LogP contribution in [0.2, 0.25) is 0 Å². The van der Waals surface area contributed by atoms with E-state index in [4.69, 9.17) is 9.26 Å². The fourth-order valence-corrected chi connectivity index (χ4v) is 5.21. The first kappa shape index (κ1) is 27.6. The maximum atomic E-state index is 14.6. The van der Waals surface area contributed by atoms with E-state index in [1.54, 1.807) is 6.92 Å². The number of H-pyrrole nitrogens is 1. The van der Waals surface area contributed by atoms with E-state index in [9.17, 15) is 38.8 Å². The van der Waals surface area contributed by atoms with Gasteiger partial charge in [-0.2, -0.15) is 9.37 Å². The Morgan fingerprint density at radius 1 is 1.26 bits per heavy atom. The number of aliphatic hydroxyl groups excluding tert-OH is 2. The predicted molar refractivity (Wildman–Crippen MR) is 122 cm³/mol. The number of aromatic nitrogens is 3. The van der Waals surface area contributed by atoms with Gasteiger partial charge in [0.25, 0.3) is 11.1 Å². The minimum atomic E-state index is -4.53. The first-order valence-corrected chi connectivity index (χ1v) is 12.7. The second kappa shape index (κ2) is 9.47. The molecule has 3 heterocycles. The molecule has 1 aliphatic rings. The highest BCUT2D eigenvalue weighted by atomic mass is 31.2. The quantitative estimate of drug-likeness (QED) is 0.248. The molecular weight excluding hydrogens is 488 g/mol. The topological polar surface area (TPSA) is 184 Å². The molecule has 5 N–H and O–H groups in total. The van der Waals surface area contributed by atoms with Crippen molar-refractivity contribution in [1.82, 2.24) is 14.4 Å². The SMILES string of the molecule is CCC(C)(C[C@H]1O[C@@H](c2cn3c(F)c(C)c(=O)[nH]c3nc2=O)[C@@H](O)C1O)OP(=O)(O)C(C)(O)CC. The summed E-state index contributed by atoms with van der Waals surface area (Å²) in [6.45, 7) is 7.11. The molecule has 3 rings (SSSR count). The molecule has 0 bridgehead atoms. The average molecular weight is 519 g/mol. The standard InChI is InChI=1S/C21H31FN3O9P/c1-6-20(4,34-35(31,32)21(5,30)7-2)8-12-13(26)14(27)15(33-12)11-9-25-16(22)10(3)17(28)23-19(25)24-18(11)29/h9,12-15,26-27,30H,6-8H2,1-5H3,(H,31,32)(H,23,24,28,29)/t12-,13?,14+,15+,20?,21?/m1/s1. The number of aromatic amines is 1. The summed E-state index contributed by atoms with van der Waals surface area (Å²) >= 11 is 0. The van der Waals surface area contributed by atoms with Gasteiger partial charge in [-0.1, -0.05) is 13.8 Å². The molecule has 0 amide bonds. The molecular formula is C21H31FN3O9P. The number of rotatable bonds is 8. The Kier molecular flexibility index (Phi) is 7.47. The molecule has 1 fully saturated rings. The highest BCUT2D eigenvalue weighted by Gasteiger charge is 2.51. The van der Waals surface area contributed by atoms with Gasteiger partial charge in [0.2, 0.25) is 11.7 Å². The van der Waals surface area contributed by atoms with Gasteiger partial charge in [0.1, 0.15) is 18.3 Å². The summed E-state index contributed by atoms with van der Waals surface area (Å²) in [4.78, 5) is 40.7. The molecule has 0 aromatic carbocycles. The molecule has 12 nitrogen and oxygen atoms in total. The first-order valence-electron chi connectivity index (χ1n) is 11.2. The van der Waals surface area contributed by atoms with E-state index in [1.165, 1.54) is 27.7 Å². The van der Waals surface area contributed by atoms with Crippen LogP contribution in [-0.4, -0.2) is 63.8 Å². The van der Waals surface area contributed by atoms with E-state index < -0.39 is 60.0 Å². The van der Waals surface area contributed by atoms with Crippen molar-refractivity contribution < 1.29 is 38.4 Å². The van der Waals surface area contributed by atoms with Crippen LogP contribution >= 0.6 is 7.60 Å². The Balaban J connectivity index is 1.93. The minimum Gasteiger partial charge on any atom is -0.388 e. The second-order valence-electron chi connectivity index (χ2n) is 9.33. The zero-order chi connectivity index (χ0) is 26.5. The van der Waals surface area contributed by atoms with E-state index in [1.807, 2.05) is 0 Å². The van der Waals surface area contributed by atoms with Crippen LogP contribution in [-0.2, 0) is 13.8 Å². The van der Waals surface area contributed by atoms with Crippen LogP contribution in [0, 0.1) is 12.9 Å². The molecule has 2 aromatic heterocycles. The lowest BCUT2D eigenvalue weighted by atomic mass is 9.92. The fraction of sp³-hybridized carbons (Fsp3) is 0.667. The number of nitrogens with one attached hydrogen (secondary N) is 1. The summed E-state index contributed by atoms with van der Waals surface area (Å²) in [6.07, 6.45) is -4.70. The summed E-state index contributed by atoms with van der Waals surface area (Å²) in [5.41, 5.74) is -3.52. The van der Waals surface area contributed by atoms with Crippen molar-refractivity contribution in [1.29, 1.82) is 0 Å². The van der Waals surface area contributed by atoms with Crippen LogP contribution in [0.1, 0.15) is 64.2 Å². The van der Waals surface area contributed by atoms with Crippen molar-refractivity contribution in [2.45, 2.75) is 89.2 Å². The van der Waals surface area contributed by atoms with Gasteiger partial charge >= 0.3 is 7.60 Å². The summed E-state index contributed by atoms with van der Waals surface area (Å²) < 4.78 is 39.4. The van der Waals surface area contributed by atoms with Gasteiger partial charge < -0.3 is 29.5 Å². The number of hydrogen-bond acceptors (Lipinski definition) is 9. The van der Waals surface area contributed by atoms with Gasteiger partial charge in [-0.3, -0.25) is 23.5 Å². The second-order valence-corrected chi connectivity index (χ2v) is 11.5. The van der Waals surface area contributed by atoms with Crippen molar-refractivity contribution >= 4 is 13.4 Å². The molecule has 0 spiro atoms. The first-order chi connectivity index (χ1) is 16.1. The van der Waals surface area contributed by atoms with Gasteiger partial charge in [0.15, 0.2) is 5.34 Å². The van der Waals surface area contributed by atoms with E-state index in [-0.39, 0.29) is 36.2 Å². The number of aliphatic hydroxyl groups is 3. The highest BCUT2D eigenvalue weighted by molar-refractivity contribution is 7.54. The Bertz CT molecular complexity index is 1280. The Morgan fingerprint density at radius 3 is 2.46 bits per heavy atom. The molecule has 4 unspecified atom stereocenters. The van der Waals surface area contributed by atoms with Crippen molar-refractivity contribution in [2.75, 3.05) is 0 Å². The molecule has 1 aliphatic heterocycles. The molecule has 2 aromatic rings. The van der Waals surface area contributed by atoms with Gasteiger partial charge in [0, 0.05) is 12.6 Å². The van der Waals surface area contributed by atoms with Crippen molar-refractivity contribution in [3.05, 3.63) is 44.0 Å². The Labute approximate surface area is 199 Å². The molecule has 0 saturated carbocycles. The molecule has 7 atom stereocenters. The number of ether oxygens (including phenoxy) is 1. The maximum absolute atomic E-state index is 14.6. The van der Waals surface area contributed by atoms with Crippen LogP contribution in [0.25, 0.3) is 5.78 Å². The maximum Gasteiger partial charge on any atom is 0.359 e. The van der Waals surface area contributed by atoms with Gasteiger partial charge in [-0.15, -0.1) is 0 Å². The molecule has 35 heavy (non-hydrogen) atoms. The van der Waals surface area contributed by atoms with Gasteiger partial charge in [-0.05, 0) is 33.6 Å². The van der Waals surface area contributed by atoms with E-state index >= 15 is 0 Å². The third kappa shape index (κ3) is 4.99. The number of hydrogen-bond donors (Lipinski definition) is 5. The van der Waals surface area contributed by atoms with E-state index in [0.29, 0.717) is 0 Å². The van der Waals surface area contributed by atoms with Crippen LogP contribution in [0.4, 0.5) is 4.39 Å². The summed E-state index contributed by atoms with van der Waals surface area (Å²) in [5, 5.41) is 29.5. The Morgan fingerprint density at radius 2 is 1.89 bits per heavy atom. The van der Waals surface area contributed by atoms with Crippen LogP contribution < -0.4 is 11.1 Å². The van der Waals surface area contributed by atoms with Crippen molar-refractivity contribution in [3.8, 4) is 0 Å². The third-order valence-electron chi connectivity index (χ3n) is 6.71. The Hall–Kier alpha value is -1.99. The number of nitrogens with zero attached hydrogens (tertiary/aromatic N) is 2. The zero-order valence-electron chi connectivity index (χ0n) is 20.1. The van der Waals surface area contributed by atoms with Gasteiger partial charge in [-0.25, -0.2) is 0 Å². The average Bonchev–Trinajstić information content (AvgIpc) is 3.04. The smallest absolute Gasteiger partial charge is 0.359 e. The lowest BCUT2D eigenvalue weighted by Crippen LogP contribution is -2.40. The van der Waals surface area contributed by atoms with Crippen LogP contribution in [0.3, 0.4) is 0 Å².